The second-order valence-corrected chi connectivity index (χ2v) is 4.89. The maximum absolute atomic E-state index is 11.1. The fraction of sp³-hybridized carbons (Fsp3) is 0.312. The van der Waals surface area contributed by atoms with E-state index in [0.717, 1.165) is 5.56 Å². The second kappa shape index (κ2) is 9.88. The maximum Gasteiger partial charge on any atom is 0.328 e. The van der Waals surface area contributed by atoms with E-state index in [1.807, 2.05) is 0 Å². The lowest BCUT2D eigenvalue weighted by atomic mass is 10.1. The molecule has 0 unspecified atom stereocenters. The first-order chi connectivity index (χ1) is 11.4. The van der Waals surface area contributed by atoms with Gasteiger partial charge in [0.1, 0.15) is 6.04 Å². The summed E-state index contributed by atoms with van der Waals surface area (Å²) in [7, 11) is 1.46. The standard InChI is InChI=1S/C16H22N4O4/c1-24-14-10-11(6-7-13(14)21)4-2-8-19-12(15(22)23)5-3-9-20-16(17)18/h2,4,6-8,10,12,21H,3,5,9H2,1H3,(H,22,23)(H4,17,18,20)/b4-2+,19-8?/t12-/m0/s1. The van der Waals surface area contributed by atoms with Gasteiger partial charge in [-0.2, -0.15) is 0 Å². The van der Waals surface area contributed by atoms with Crippen molar-refractivity contribution in [3.05, 3.63) is 29.8 Å². The normalized spacial score (nSPS) is 12.4. The number of methoxy groups -OCH3 is 1. The van der Waals surface area contributed by atoms with Gasteiger partial charge in [0.15, 0.2) is 17.5 Å². The summed E-state index contributed by atoms with van der Waals surface area (Å²) < 4.78 is 5.01. The van der Waals surface area contributed by atoms with Crippen molar-refractivity contribution in [3.8, 4) is 11.5 Å². The van der Waals surface area contributed by atoms with Gasteiger partial charge >= 0.3 is 5.97 Å². The highest BCUT2D eigenvalue weighted by molar-refractivity contribution is 5.82. The number of nitrogens with zero attached hydrogens (tertiary/aromatic N) is 2. The van der Waals surface area contributed by atoms with Crippen molar-refractivity contribution in [2.75, 3.05) is 13.7 Å². The van der Waals surface area contributed by atoms with Crippen LogP contribution in [0, 0.1) is 0 Å². The van der Waals surface area contributed by atoms with Crippen molar-refractivity contribution in [2.24, 2.45) is 21.5 Å². The molecule has 0 radical (unpaired) electrons. The molecule has 0 aliphatic rings. The molecule has 0 aliphatic heterocycles. The van der Waals surface area contributed by atoms with Crippen LogP contribution in [0.2, 0.25) is 0 Å². The Balaban J connectivity index is 2.60. The number of phenols is 1. The van der Waals surface area contributed by atoms with Crippen molar-refractivity contribution < 1.29 is 19.7 Å². The number of phenolic OH excluding ortho intramolecular Hbond substituents is 1. The third kappa shape index (κ3) is 6.82. The van der Waals surface area contributed by atoms with Crippen LogP contribution in [0.15, 0.2) is 34.3 Å². The predicted molar refractivity (Wildman–Crippen MR) is 93.5 cm³/mol. The number of guanidine groups is 1. The van der Waals surface area contributed by atoms with E-state index < -0.39 is 12.0 Å². The van der Waals surface area contributed by atoms with Gasteiger partial charge in [-0.3, -0.25) is 9.98 Å². The number of aliphatic imine (C=N–C) groups is 2. The highest BCUT2D eigenvalue weighted by atomic mass is 16.5. The maximum atomic E-state index is 11.1. The fourth-order valence-electron chi connectivity index (χ4n) is 1.86. The molecule has 0 spiro atoms. The Hall–Kier alpha value is -3.03. The van der Waals surface area contributed by atoms with Gasteiger partial charge in [0.2, 0.25) is 0 Å². The molecule has 8 heteroatoms. The molecule has 6 N–H and O–H groups in total. The van der Waals surface area contributed by atoms with Crippen LogP contribution >= 0.6 is 0 Å². The minimum Gasteiger partial charge on any atom is -0.504 e. The molecule has 1 aromatic carbocycles. The largest absolute Gasteiger partial charge is 0.504 e. The molecular weight excluding hydrogens is 312 g/mol. The lowest BCUT2D eigenvalue weighted by Crippen LogP contribution is -2.23. The summed E-state index contributed by atoms with van der Waals surface area (Å²) in [5, 5.41) is 18.6. The average Bonchev–Trinajstić information content (AvgIpc) is 2.54. The van der Waals surface area contributed by atoms with Gasteiger partial charge in [-0.05, 0) is 36.6 Å². The number of ether oxygens (including phenoxy) is 1. The quantitative estimate of drug-likeness (QED) is 0.301. The van der Waals surface area contributed by atoms with Crippen molar-refractivity contribution in [1.82, 2.24) is 0 Å². The summed E-state index contributed by atoms with van der Waals surface area (Å²) in [6.45, 7) is 0.366. The molecule has 24 heavy (non-hydrogen) atoms. The predicted octanol–water partition coefficient (Wildman–Crippen LogP) is 0.992. The summed E-state index contributed by atoms with van der Waals surface area (Å²) in [6.07, 6.45) is 5.63. The Morgan fingerprint density at radius 2 is 2.17 bits per heavy atom. The summed E-state index contributed by atoms with van der Waals surface area (Å²) in [5.74, 6) is -0.611. The number of allylic oxidation sites excluding steroid dienone is 1. The van der Waals surface area contributed by atoms with Gasteiger partial charge in [0, 0.05) is 12.8 Å². The molecule has 1 aromatic rings. The van der Waals surface area contributed by atoms with Crippen LogP contribution in [0.4, 0.5) is 0 Å². The number of carbonyl (C=O) groups is 1. The zero-order chi connectivity index (χ0) is 17.9. The molecule has 1 atom stereocenters. The van der Waals surface area contributed by atoms with Gasteiger partial charge in [-0.25, -0.2) is 4.79 Å². The topological polar surface area (TPSA) is 144 Å². The molecule has 130 valence electrons. The van der Waals surface area contributed by atoms with E-state index in [4.69, 9.17) is 21.3 Å². The van der Waals surface area contributed by atoms with Crippen LogP contribution in [0.1, 0.15) is 18.4 Å². The highest BCUT2D eigenvalue weighted by Crippen LogP contribution is 2.26. The number of hydrogen-bond donors (Lipinski definition) is 4. The zero-order valence-electron chi connectivity index (χ0n) is 13.4. The highest BCUT2D eigenvalue weighted by Gasteiger charge is 2.13. The van der Waals surface area contributed by atoms with Crippen molar-refractivity contribution in [2.45, 2.75) is 18.9 Å². The van der Waals surface area contributed by atoms with E-state index in [1.165, 1.54) is 19.4 Å². The lowest BCUT2D eigenvalue weighted by Gasteiger charge is -2.05. The van der Waals surface area contributed by atoms with Crippen LogP contribution in [-0.2, 0) is 4.79 Å². The second-order valence-electron chi connectivity index (χ2n) is 4.89. The van der Waals surface area contributed by atoms with Crippen LogP contribution < -0.4 is 16.2 Å². The molecule has 0 heterocycles. The summed E-state index contributed by atoms with van der Waals surface area (Å²) in [5.41, 5.74) is 11.2. The number of rotatable bonds is 9. The van der Waals surface area contributed by atoms with Crippen molar-refractivity contribution in [1.29, 1.82) is 0 Å². The number of hydrogen-bond acceptors (Lipinski definition) is 5. The van der Waals surface area contributed by atoms with E-state index in [2.05, 4.69) is 9.98 Å². The summed E-state index contributed by atoms with van der Waals surface area (Å²) >= 11 is 0. The number of benzene rings is 1. The lowest BCUT2D eigenvalue weighted by molar-refractivity contribution is -0.138. The van der Waals surface area contributed by atoms with Crippen LogP contribution in [-0.4, -0.2) is 48.1 Å². The summed E-state index contributed by atoms with van der Waals surface area (Å²) in [6, 6.07) is 4.02. The number of aromatic hydroxyl groups is 1. The van der Waals surface area contributed by atoms with E-state index in [9.17, 15) is 9.90 Å². The minimum absolute atomic E-state index is 0.0161. The first-order valence-electron chi connectivity index (χ1n) is 7.29. The SMILES string of the molecule is COc1cc(/C=C/C=N[C@@H](CCCN=C(N)N)C(=O)O)ccc1O. The van der Waals surface area contributed by atoms with E-state index in [0.29, 0.717) is 25.1 Å². The molecule has 0 bridgehead atoms. The monoisotopic (exact) mass is 334 g/mol. The smallest absolute Gasteiger partial charge is 0.328 e. The number of nitrogens with two attached hydrogens (primary N) is 2. The number of aliphatic carboxylic acids is 1. The Labute approximate surface area is 140 Å². The van der Waals surface area contributed by atoms with Gasteiger partial charge in [0.05, 0.1) is 7.11 Å². The van der Waals surface area contributed by atoms with Gasteiger partial charge in [0.25, 0.3) is 0 Å². The van der Waals surface area contributed by atoms with Crippen molar-refractivity contribution in [3.63, 3.8) is 0 Å². The van der Waals surface area contributed by atoms with E-state index in [1.54, 1.807) is 24.3 Å². The van der Waals surface area contributed by atoms with Gasteiger partial charge in [-0.1, -0.05) is 12.1 Å². The number of carboxylic acids is 1. The van der Waals surface area contributed by atoms with Gasteiger partial charge in [-0.15, -0.1) is 0 Å². The third-order valence-electron chi connectivity index (χ3n) is 3.06. The molecule has 0 amide bonds. The molecule has 0 saturated heterocycles. The Morgan fingerprint density at radius 3 is 2.79 bits per heavy atom. The van der Waals surface area contributed by atoms with E-state index in [-0.39, 0.29) is 11.7 Å². The average molecular weight is 334 g/mol. The van der Waals surface area contributed by atoms with Crippen LogP contribution in [0.5, 0.6) is 11.5 Å². The molecule has 0 saturated carbocycles. The molecule has 0 aliphatic carbocycles. The first-order valence-corrected chi connectivity index (χ1v) is 7.29. The molecule has 8 nitrogen and oxygen atoms in total. The first kappa shape index (κ1) is 19.0. The molecule has 1 rings (SSSR count). The van der Waals surface area contributed by atoms with Crippen molar-refractivity contribution >= 4 is 24.2 Å². The van der Waals surface area contributed by atoms with Crippen LogP contribution in [0.3, 0.4) is 0 Å². The Morgan fingerprint density at radius 1 is 1.42 bits per heavy atom. The zero-order valence-corrected chi connectivity index (χ0v) is 13.4. The molecule has 0 fully saturated rings. The minimum atomic E-state index is -1.00. The number of carboxylic acid groups (broad SMARTS) is 1. The summed E-state index contributed by atoms with van der Waals surface area (Å²) in [4.78, 5) is 19.0. The Kier molecular flexibility index (Phi) is 7.83. The third-order valence-corrected chi connectivity index (χ3v) is 3.06. The van der Waals surface area contributed by atoms with E-state index >= 15 is 0 Å². The van der Waals surface area contributed by atoms with Crippen LogP contribution in [0.25, 0.3) is 6.08 Å². The van der Waals surface area contributed by atoms with Gasteiger partial charge < -0.3 is 26.4 Å². The molecular formula is C16H22N4O4. The Bertz CT molecular complexity index is 637. The molecule has 0 aromatic heterocycles. The fourth-order valence-corrected chi connectivity index (χ4v) is 1.86.